The maximum absolute atomic E-state index is 11.4. The summed E-state index contributed by atoms with van der Waals surface area (Å²) in [5, 5.41) is 12.4. The van der Waals surface area contributed by atoms with E-state index in [2.05, 4.69) is 10.3 Å². The van der Waals surface area contributed by atoms with Gasteiger partial charge in [-0.05, 0) is 25.0 Å². The zero-order valence-electron chi connectivity index (χ0n) is 11.8. The molecule has 112 valence electrons. The van der Waals surface area contributed by atoms with Crippen molar-refractivity contribution in [3.05, 3.63) is 30.1 Å². The first-order valence-corrected chi connectivity index (χ1v) is 7.31. The normalized spacial score (nSPS) is 15.6. The summed E-state index contributed by atoms with van der Waals surface area (Å²) >= 11 is 0. The minimum absolute atomic E-state index is 0.159. The maximum atomic E-state index is 11.4. The predicted molar refractivity (Wildman–Crippen MR) is 78.8 cm³/mol. The van der Waals surface area contributed by atoms with Crippen LogP contribution in [0.4, 0.5) is 5.82 Å². The van der Waals surface area contributed by atoms with Crippen LogP contribution in [-0.4, -0.2) is 39.7 Å². The molecule has 2 aromatic rings. The lowest BCUT2D eigenvalue weighted by Crippen LogP contribution is -2.17. The van der Waals surface area contributed by atoms with Crippen LogP contribution in [-0.2, 0) is 4.74 Å². The monoisotopic (exact) mass is 289 g/mol. The first kappa shape index (κ1) is 13.9. The molecule has 0 spiro atoms. The lowest BCUT2D eigenvalue weighted by atomic mass is 10.3. The molecule has 6 heteroatoms. The number of pyridine rings is 1. The van der Waals surface area contributed by atoms with Crippen molar-refractivity contribution < 1.29 is 14.6 Å². The number of anilines is 1. The Balaban J connectivity index is 1.65. The van der Waals surface area contributed by atoms with E-state index < -0.39 is 5.97 Å². The molecule has 2 heterocycles. The quantitative estimate of drug-likeness (QED) is 0.799. The average Bonchev–Trinajstić information content (AvgIpc) is 3.10. The van der Waals surface area contributed by atoms with E-state index in [1.54, 1.807) is 22.7 Å². The second kappa shape index (κ2) is 6.13. The van der Waals surface area contributed by atoms with Crippen LogP contribution in [0.3, 0.4) is 0 Å². The number of rotatable bonds is 6. The molecule has 0 atom stereocenters. The van der Waals surface area contributed by atoms with Crippen molar-refractivity contribution in [2.75, 3.05) is 18.5 Å². The third-order valence-electron chi connectivity index (χ3n) is 3.78. The molecule has 0 aliphatic heterocycles. The van der Waals surface area contributed by atoms with E-state index in [-0.39, 0.29) is 5.69 Å². The van der Waals surface area contributed by atoms with Crippen molar-refractivity contribution >= 4 is 17.4 Å². The highest BCUT2D eigenvalue weighted by molar-refractivity contribution is 5.92. The topological polar surface area (TPSA) is 75.9 Å². The molecule has 0 amide bonds. The third-order valence-corrected chi connectivity index (χ3v) is 3.78. The Bertz CT molecular complexity index is 632. The number of aromatic nitrogens is 2. The molecule has 1 saturated carbocycles. The molecule has 3 rings (SSSR count). The molecule has 21 heavy (non-hydrogen) atoms. The van der Waals surface area contributed by atoms with Crippen LogP contribution >= 0.6 is 0 Å². The molecule has 0 aromatic carbocycles. The van der Waals surface area contributed by atoms with E-state index >= 15 is 0 Å². The molecule has 1 aliphatic carbocycles. The van der Waals surface area contributed by atoms with Crippen molar-refractivity contribution in [1.82, 2.24) is 9.38 Å². The Kier molecular flexibility index (Phi) is 4.06. The number of aromatic carboxylic acids is 1. The summed E-state index contributed by atoms with van der Waals surface area (Å²) in [5.41, 5.74) is 0.778. The fraction of sp³-hybridized carbons (Fsp3) is 0.467. The Morgan fingerprint density at radius 3 is 3.00 bits per heavy atom. The van der Waals surface area contributed by atoms with E-state index in [1.807, 2.05) is 6.07 Å². The summed E-state index contributed by atoms with van der Waals surface area (Å²) in [6.45, 7) is 1.12. The molecule has 2 N–H and O–H groups in total. The van der Waals surface area contributed by atoms with Gasteiger partial charge in [-0.2, -0.15) is 0 Å². The summed E-state index contributed by atoms with van der Waals surface area (Å²) in [7, 11) is 0. The van der Waals surface area contributed by atoms with Gasteiger partial charge in [0.1, 0.15) is 5.65 Å². The molecule has 2 aromatic heterocycles. The van der Waals surface area contributed by atoms with Crippen LogP contribution in [0.5, 0.6) is 0 Å². The van der Waals surface area contributed by atoms with Crippen LogP contribution in [0.1, 0.15) is 36.2 Å². The summed E-state index contributed by atoms with van der Waals surface area (Å²) in [5.74, 6) is -0.600. The zero-order valence-corrected chi connectivity index (χ0v) is 11.8. The van der Waals surface area contributed by atoms with Gasteiger partial charge in [0.2, 0.25) is 0 Å². The van der Waals surface area contributed by atoms with Crippen molar-refractivity contribution in [2.24, 2.45) is 0 Å². The Morgan fingerprint density at radius 1 is 1.43 bits per heavy atom. The number of carboxylic acid groups (broad SMARTS) is 1. The van der Waals surface area contributed by atoms with Gasteiger partial charge in [0, 0.05) is 12.7 Å². The van der Waals surface area contributed by atoms with Gasteiger partial charge in [-0.1, -0.05) is 18.9 Å². The molecule has 0 saturated heterocycles. The van der Waals surface area contributed by atoms with E-state index in [0.717, 1.165) is 12.8 Å². The van der Waals surface area contributed by atoms with E-state index in [9.17, 15) is 9.90 Å². The van der Waals surface area contributed by atoms with Gasteiger partial charge in [0.25, 0.3) is 0 Å². The fourth-order valence-corrected chi connectivity index (χ4v) is 2.77. The number of nitrogens with zero attached hydrogens (tertiary/aromatic N) is 2. The molecular formula is C15H19N3O3. The van der Waals surface area contributed by atoms with Crippen molar-refractivity contribution in [1.29, 1.82) is 0 Å². The van der Waals surface area contributed by atoms with Crippen LogP contribution in [0.2, 0.25) is 0 Å². The van der Waals surface area contributed by atoms with E-state index in [1.165, 1.54) is 12.8 Å². The number of fused-ring (bicyclic) bond motifs is 1. The number of hydrogen-bond acceptors (Lipinski definition) is 4. The highest BCUT2D eigenvalue weighted by Crippen LogP contribution is 2.21. The van der Waals surface area contributed by atoms with Crippen molar-refractivity contribution in [3.8, 4) is 0 Å². The maximum Gasteiger partial charge on any atom is 0.356 e. The van der Waals surface area contributed by atoms with Crippen LogP contribution in [0, 0.1) is 0 Å². The highest BCUT2D eigenvalue weighted by Gasteiger charge is 2.18. The van der Waals surface area contributed by atoms with Crippen LogP contribution in [0.25, 0.3) is 5.65 Å². The van der Waals surface area contributed by atoms with Crippen molar-refractivity contribution in [3.63, 3.8) is 0 Å². The molecule has 1 aliphatic rings. The molecule has 0 radical (unpaired) electrons. The summed E-state index contributed by atoms with van der Waals surface area (Å²) in [6.07, 6.45) is 6.82. The minimum atomic E-state index is -0.993. The number of carboxylic acids is 1. The predicted octanol–water partition coefficient (Wildman–Crippen LogP) is 2.40. The number of ether oxygens (including phenoxy) is 1. The molecule has 6 nitrogen and oxygen atoms in total. The summed E-state index contributed by atoms with van der Waals surface area (Å²) in [4.78, 5) is 15.7. The first-order valence-electron chi connectivity index (χ1n) is 7.31. The van der Waals surface area contributed by atoms with E-state index in [4.69, 9.17) is 4.74 Å². The molecule has 0 bridgehead atoms. The second-order valence-corrected chi connectivity index (χ2v) is 5.25. The molecule has 0 unspecified atom stereocenters. The number of carbonyl (C=O) groups is 1. The van der Waals surface area contributed by atoms with Gasteiger partial charge in [-0.3, -0.25) is 4.40 Å². The Labute approximate surface area is 122 Å². The SMILES string of the molecule is O=C(O)c1c(NCCOC2CCCC2)nc2ccccn12. The van der Waals surface area contributed by atoms with Gasteiger partial charge < -0.3 is 15.2 Å². The zero-order chi connectivity index (χ0) is 14.7. The third kappa shape index (κ3) is 3.00. The lowest BCUT2D eigenvalue weighted by molar-refractivity contribution is 0.0654. The molecular weight excluding hydrogens is 270 g/mol. The summed E-state index contributed by atoms with van der Waals surface area (Å²) in [6, 6.07) is 5.40. The Morgan fingerprint density at radius 2 is 2.24 bits per heavy atom. The average molecular weight is 289 g/mol. The second-order valence-electron chi connectivity index (χ2n) is 5.25. The summed E-state index contributed by atoms with van der Waals surface area (Å²) < 4.78 is 7.33. The van der Waals surface area contributed by atoms with Gasteiger partial charge in [0.05, 0.1) is 12.7 Å². The van der Waals surface area contributed by atoms with Crippen molar-refractivity contribution in [2.45, 2.75) is 31.8 Å². The van der Waals surface area contributed by atoms with Crippen LogP contribution in [0.15, 0.2) is 24.4 Å². The van der Waals surface area contributed by atoms with Gasteiger partial charge in [-0.15, -0.1) is 0 Å². The van der Waals surface area contributed by atoms with Gasteiger partial charge >= 0.3 is 5.97 Å². The van der Waals surface area contributed by atoms with Gasteiger partial charge in [0.15, 0.2) is 11.5 Å². The standard InChI is InChI=1S/C15H19N3O3/c19-15(20)13-14(17-12-7-3-4-9-18(12)13)16-8-10-21-11-5-1-2-6-11/h3-4,7,9,11,16H,1-2,5-6,8,10H2,(H,19,20). The number of hydrogen-bond donors (Lipinski definition) is 2. The lowest BCUT2D eigenvalue weighted by Gasteiger charge is -2.11. The highest BCUT2D eigenvalue weighted by atomic mass is 16.5. The van der Waals surface area contributed by atoms with Crippen LogP contribution < -0.4 is 5.32 Å². The largest absolute Gasteiger partial charge is 0.476 e. The fourth-order valence-electron chi connectivity index (χ4n) is 2.77. The minimum Gasteiger partial charge on any atom is -0.476 e. The smallest absolute Gasteiger partial charge is 0.356 e. The number of imidazole rings is 1. The van der Waals surface area contributed by atoms with E-state index in [0.29, 0.717) is 30.7 Å². The first-order chi connectivity index (χ1) is 10.3. The number of nitrogens with one attached hydrogen (secondary N) is 1. The molecule has 1 fully saturated rings. The Hall–Kier alpha value is -2.08. The van der Waals surface area contributed by atoms with Gasteiger partial charge in [-0.25, -0.2) is 9.78 Å².